The highest BCUT2D eigenvalue weighted by molar-refractivity contribution is 5.88. The summed E-state index contributed by atoms with van der Waals surface area (Å²) in [6.45, 7) is 7.54. The molecule has 4 rings (SSSR count). The second kappa shape index (κ2) is 9.17. The van der Waals surface area contributed by atoms with E-state index in [-0.39, 0.29) is 11.4 Å². The number of ether oxygens (including phenoxy) is 2. The van der Waals surface area contributed by atoms with Crippen LogP contribution in [0, 0.1) is 5.82 Å². The lowest BCUT2D eigenvalue weighted by atomic mass is 9.85. The summed E-state index contributed by atoms with van der Waals surface area (Å²) in [5.41, 5.74) is 7.49. The molecule has 0 amide bonds. The Labute approximate surface area is 189 Å². The Kier molecular flexibility index (Phi) is 6.33. The van der Waals surface area contributed by atoms with Crippen LogP contribution in [0.25, 0.3) is 16.7 Å². The maximum atomic E-state index is 13.9. The van der Waals surface area contributed by atoms with E-state index in [1.165, 1.54) is 23.3 Å². The van der Waals surface area contributed by atoms with Crippen LogP contribution in [0.5, 0.6) is 5.75 Å². The van der Waals surface area contributed by atoms with E-state index < -0.39 is 0 Å². The third kappa shape index (κ3) is 4.71. The third-order valence-electron chi connectivity index (χ3n) is 5.82. The van der Waals surface area contributed by atoms with Crippen LogP contribution >= 0.6 is 0 Å². The average Bonchev–Trinajstić information content (AvgIpc) is 2.76. The van der Waals surface area contributed by atoms with Crippen molar-refractivity contribution in [3.05, 3.63) is 89.2 Å². The minimum Gasteiger partial charge on any atom is -0.496 e. The van der Waals surface area contributed by atoms with Crippen LogP contribution in [-0.2, 0) is 17.8 Å². The predicted molar refractivity (Wildman–Crippen MR) is 130 cm³/mol. The van der Waals surface area contributed by atoms with E-state index in [0.29, 0.717) is 19.0 Å². The molecule has 0 unspecified atom stereocenters. The van der Waals surface area contributed by atoms with Gasteiger partial charge in [0.25, 0.3) is 0 Å². The molecule has 3 nitrogen and oxygen atoms in total. The van der Waals surface area contributed by atoms with E-state index in [1.807, 2.05) is 18.2 Å². The maximum Gasteiger partial charge on any atom is 0.129 e. The van der Waals surface area contributed by atoms with Gasteiger partial charge in [-0.1, -0.05) is 42.5 Å². The van der Waals surface area contributed by atoms with E-state index in [0.717, 1.165) is 34.4 Å². The van der Waals surface area contributed by atoms with Crippen molar-refractivity contribution < 1.29 is 13.9 Å². The lowest BCUT2D eigenvalue weighted by molar-refractivity contribution is 0.124. The fraction of sp³-hybridized carbons (Fsp3) is 0.286. The smallest absolute Gasteiger partial charge is 0.129 e. The molecule has 0 atom stereocenters. The minimum atomic E-state index is -0.316. The zero-order chi connectivity index (χ0) is 22.7. The van der Waals surface area contributed by atoms with E-state index in [1.54, 1.807) is 13.2 Å². The van der Waals surface area contributed by atoms with Crippen LogP contribution in [0.15, 0.2) is 66.7 Å². The molecule has 0 aromatic heterocycles. The summed E-state index contributed by atoms with van der Waals surface area (Å²) in [7, 11) is 1.57. The van der Waals surface area contributed by atoms with Gasteiger partial charge in [-0.3, -0.25) is 0 Å². The number of benzene rings is 3. The summed E-state index contributed by atoms with van der Waals surface area (Å²) in [5.74, 6) is 0.199. The average molecular weight is 432 g/mol. The molecule has 4 heteroatoms. The lowest BCUT2D eigenvalue weighted by Crippen LogP contribution is -2.32. The van der Waals surface area contributed by atoms with Gasteiger partial charge in [0.1, 0.15) is 11.6 Å². The van der Waals surface area contributed by atoms with Crippen molar-refractivity contribution in [3.63, 3.8) is 0 Å². The highest BCUT2D eigenvalue weighted by Gasteiger charge is 2.26. The van der Waals surface area contributed by atoms with Gasteiger partial charge < -0.3 is 14.8 Å². The normalized spacial score (nSPS) is 14.3. The molecule has 0 saturated carbocycles. The SMILES string of the molecule is COc1cc(F)ccc1-c1ccc2c(c1COCCc1ccccc1)C(C)=CC(C)(C)N2. The number of hydrogen-bond donors (Lipinski definition) is 1. The highest BCUT2D eigenvalue weighted by Crippen LogP contribution is 2.42. The molecule has 3 aromatic rings. The van der Waals surface area contributed by atoms with Gasteiger partial charge in [0.05, 0.1) is 25.9 Å². The van der Waals surface area contributed by atoms with Crippen LogP contribution in [0.4, 0.5) is 10.1 Å². The lowest BCUT2D eigenvalue weighted by Gasteiger charge is -2.33. The number of nitrogens with one attached hydrogen (secondary N) is 1. The molecule has 166 valence electrons. The molecule has 0 radical (unpaired) electrons. The zero-order valence-electron chi connectivity index (χ0n) is 19.2. The number of allylic oxidation sites excluding steroid dienone is 1. The number of methoxy groups -OCH3 is 1. The molecule has 0 bridgehead atoms. The molecule has 0 spiro atoms. The van der Waals surface area contributed by atoms with Crippen molar-refractivity contribution in [2.24, 2.45) is 0 Å². The van der Waals surface area contributed by atoms with Gasteiger partial charge in [0.15, 0.2) is 0 Å². The van der Waals surface area contributed by atoms with Crippen LogP contribution in [0.1, 0.15) is 37.5 Å². The Morgan fingerprint density at radius 1 is 0.969 bits per heavy atom. The van der Waals surface area contributed by atoms with Crippen molar-refractivity contribution in [2.75, 3.05) is 19.0 Å². The van der Waals surface area contributed by atoms with E-state index in [4.69, 9.17) is 9.47 Å². The van der Waals surface area contributed by atoms with Gasteiger partial charge >= 0.3 is 0 Å². The highest BCUT2D eigenvalue weighted by atomic mass is 19.1. The second-order valence-electron chi connectivity index (χ2n) is 8.82. The van der Waals surface area contributed by atoms with Gasteiger partial charge in [0, 0.05) is 22.9 Å². The summed E-state index contributed by atoms with van der Waals surface area (Å²) in [6, 6.07) is 19.2. The van der Waals surface area contributed by atoms with Crippen LogP contribution < -0.4 is 10.1 Å². The van der Waals surface area contributed by atoms with Crippen LogP contribution in [-0.4, -0.2) is 19.3 Å². The first-order valence-electron chi connectivity index (χ1n) is 11.0. The number of rotatable bonds is 7. The zero-order valence-corrected chi connectivity index (χ0v) is 19.2. The molecule has 1 aliphatic rings. The van der Waals surface area contributed by atoms with Crippen molar-refractivity contribution in [3.8, 4) is 16.9 Å². The van der Waals surface area contributed by atoms with E-state index in [9.17, 15) is 4.39 Å². The largest absolute Gasteiger partial charge is 0.496 e. The first-order valence-corrected chi connectivity index (χ1v) is 11.0. The minimum absolute atomic E-state index is 0.127. The number of anilines is 1. The molecule has 1 heterocycles. The number of hydrogen-bond acceptors (Lipinski definition) is 3. The summed E-state index contributed by atoms with van der Waals surface area (Å²) in [5, 5.41) is 3.62. The molecular weight excluding hydrogens is 401 g/mol. The summed E-state index contributed by atoms with van der Waals surface area (Å²) in [6.07, 6.45) is 3.10. The van der Waals surface area contributed by atoms with Crippen LogP contribution in [0.3, 0.4) is 0 Å². The quantitative estimate of drug-likeness (QED) is 0.414. The fourth-order valence-corrected chi connectivity index (χ4v) is 4.50. The molecule has 1 aliphatic heterocycles. The Bertz CT molecular complexity index is 1140. The summed E-state index contributed by atoms with van der Waals surface area (Å²) >= 11 is 0. The Hall–Kier alpha value is -3.11. The maximum absolute atomic E-state index is 13.9. The number of fused-ring (bicyclic) bond motifs is 1. The van der Waals surface area contributed by atoms with Crippen molar-refractivity contribution in [1.82, 2.24) is 0 Å². The van der Waals surface area contributed by atoms with E-state index in [2.05, 4.69) is 56.4 Å². The molecule has 32 heavy (non-hydrogen) atoms. The number of halogens is 1. The van der Waals surface area contributed by atoms with Crippen molar-refractivity contribution in [1.29, 1.82) is 0 Å². The molecule has 0 aliphatic carbocycles. The van der Waals surface area contributed by atoms with Gasteiger partial charge in [-0.25, -0.2) is 4.39 Å². The Morgan fingerprint density at radius 3 is 2.47 bits per heavy atom. The first-order chi connectivity index (χ1) is 15.4. The predicted octanol–water partition coefficient (Wildman–Crippen LogP) is 6.87. The molecule has 3 aromatic carbocycles. The summed E-state index contributed by atoms with van der Waals surface area (Å²) in [4.78, 5) is 0. The van der Waals surface area contributed by atoms with Gasteiger partial charge in [-0.2, -0.15) is 0 Å². The molecule has 1 N–H and O–H groups in total. The standard InChI is InChI=1S/C28H30FNO2/c1-19-17-28(2,3)30-25-13-12-22(23-11-10-21(29)16-26(23)31-4)24(27(19)25)18-32-15-14-20-8-6-5-7-9-20/h5-13,16-17,30H,14-15,18H2,1-4H3. The topological polar surface area (TPSA) is 30.5 Å². The van der Waals surface area contributed by atoms with Gasteiger partial charge in [-0.05, 0) is 67.7 Å². The van der Waals surface area contributed by atoms with Crippen molar-refractivity contribution in [2.45, 2.75) is 39.3 Å². The van der Waals surface area contributed by atoms with E-state index >= 15 is 0 Å². The Balaban J connectivity index is 1.71. The second-order valence-corrected chi connectivity index (χ2v) is 8.82. The van der Waals surface area contributed by atoms with Gasteiger partial charge in [0.2, 0.25) is 0 Å². The molecule has 0 fully saturated rings. The molecular formula is C28H30FNO2. The fourth-order valence-electron chi connectivity index (χ4n) is 4.50. The first kappa shape index (κ1) is 22.1. The Morgan fingerprint density at radius 2 is 1.72 bits per heavy atom. The monoisotopic (exact) mass is 431 g/mol. The third-order valence-corrected chi connectivity index (χ3v) is 5.82. The summed E-state index contributed by atoms with van der Waals surface area (Å²) < 4.78 is 25.5. The van der Waals surface area contributed by atoms with Crippen LogP contribution in [0.2, 0.25) is 0 Å². The van der Waals surface area contributed by atoms with Crippen molar-refractivity contribution >= 4 is 11.3 Å². The van der Waals surface area contributed by atoms with Gasteiger partial charge in [-0.15, -0.1) is 0 Å². The molecule has 0 saturated heterocycles.